The second-order valence-corrected chi connectivity index (χ2v) is 10.2. The molecule has 1 fully saturated rings. The molecule has 1 aromatic heterocycles. The largest absolute Gasteiger partial charge is 0.448 e. The van der Waals surface area contributed by atoms with Crippen molar-refractivity contribution in [3.8, 4) is 0 Å². The van der Waals surface area contributed by atoms with Crippen molar-refractivity contribution in [1.82, 2.24) is 30.4 Å². The van der Waals surface area contributed by atoms with Crippen molar-refractivity contribution in [2.24, 2.45) is 0 Å². The highest BCUT2D eigenvalue weighted by Crippen LogP contribution is 2.43. The van der Waals surface area contributed by atoms with Gasteiger partial charge in [0.1, 0.15) is 30.0 Å². The number of esters is 2. The molecule has 14 heteroatoms. The Balaban J connectivity index is 1.45. The molecule has 0 bridgehead atoms. The van der Waals surface area contributed by atoms with Crippen LogP contribution in [-0.4, -0.2) is 79.4 Å². The number of tetrazole rings is 1. The molecule has 13 nitrogen and oxygen atoms in total. The minimum Gasteiger partial charge on any atom is -0.448 e. The molecular weight excluding hydrogens is 552 g/mol. The zero-order valence-electron chi connectivity index (χ0n) is 22.1. The van der Waals surface area contributed by atoms with E-state index < -0.39 is 47.6 Å². The summed E-state index contributed by atoms with van der Waals surface area (Å²) in [6.07, 6.45) is -0.732. The highest BCUT2D eigenvalue weighted by molar-refractivity contribution is 8.00. The lowest BCUT2D eigenvalue weighted by Gasteiger charge is -2.50. The minimum atomic E-state index is -1.23. The van der Waals surface area contributed by atoms with E-state index in [4.69, 9.17) is 14.2 Å². The standard InChI is InChI=1S/C27H26N6O7S/c1-16(34)39-27(38-2)19-14-41-25-21(29-20(35)13-32-15-28-30-31-32)24(36)33(25)22(19)26(37)40-23(17-9-5-3-6-10-17)18-11-7-4-8-12-18/h3-12,15,21,23,25,27H,13-14H2,1-2H3,(H,29,35)/t21-,25+,27?/m0/s1. The lowest BCUT2D eigenvalue weighted by molar-refractivity contribution is -0.166. The monoisotopic (exact) mass is 578 g/mol. The van der Waals surface area contributed by atoms with E-state index in [1.54, 1.807) is 0 Å². The fourth-order valence-electron chi connectivity index (χ4n) is 4.59. The molecule has 1 N–H and O–H groups in total. The predicted octanol–water partition coefficient (Wildman–Crippen LogP) is 1.20. The zero-order chi connectivity index (χ0) is 28.9. The average Bonchev–Trinajstić information content (AvgIpc) is 3.50. The first-order valence-corrected chi connectivity index (χ1v) is 13.6. The van der Waals surface area contributed by atoms with Crippen molar-refractivity contribution in [2.75, 3.05) is 12.9 Å². The Labute approximate surface area is 238 Å². The SMILES string of the molecule is COC(OC(C)=O)C1=C(C(=O)OC(c2ccccc2)c2ccccc2)N2C(=O)[C@H](NC(=O)Cn3cnnn3)[C@H]2SC1. The van der Waals surface area contributed by atoms with Gasteiger partial charge in [-0.2, -0.15) is 0 Å². The number of carbonyl (C=O) groups is 4. The van der Waals surface area contributed by atoms with E-state index in [0.717, 1.165) is 11.1 Å². The van der Waals surface area contributed by atoms with Crippen LogP contribution in [0, 0.1) is 0 Å². The molecule has 1 unspecified atom stereocenters. The number of thioether (sulfide) groups is 1. The zero-order valence-corrected chi connectivity index (χ0v) is 22.9. The first-order chi connectivity index (χ1) is 19.9. The summed E-state index contributed by atoms with van der Waals surface area (Å²) in [6.45, 7) is 1.04. The second-order valence-electron chi connectivity index (χ2n) is 9.12. The van der Waals surface area contributed by atoms with Gasteiger partial charge in [0.25, 0.3) is 5.91 Å². The summed E-state index contributed by atoms with van der Waals surface area (Å²) in [5, 5.41) is 12.7. The van der Waals surface area contributed by atoms with E-state index in [2.05, 4.69) is 20.8 Å². The maximum Gasteiger partial charge on any atom is 0.356 e. The van der Waals surface area contributed by atoms with Gasteiger partial charge in [0, 0.05) is 25.4 Å². The van der Waals surface area contributed by atoms with Gasteiger partial charge < -0.3 is 19.5 Å². The maximum atomic E-state index is 14.0. The summed E-state index contributed by atoms with van der Waals surface area (Å²) in [7, 11) is 1.33. The number of aromatic nitrogens is 4. The summed E-state index contributed by atoms with van der Waals surface area (Å²) in [4.78, 5) is 53.0. The average molecular weight is 579 g/mol. The third-order valence-electron chi connectivity index (χ3n) is 6.41. The molecule has 0 saturated carbocycles. The van der Waals surface area contributed by atoms with Crippen LogP contribution in [0.2, 0.25) is 0 Å². The van der Waals surface area contributed by atoms with Crippen molar-refractivity contribution >= 4 is 35.5 Å². The Hall–Kier alpha value is -4.56. The summed E-state index contributed by atoms with van der Waals surface area (Å²) < 4.78 is 18.0. The van der Waals surface area contributed by atoms with Crippen LogP contribution in [0.15, 0.2) is 78.3 Å². The van der Waals surface area contributed by atoms with E-state index in [9.17, 15) is 19.2 Å². The molecule has 2 aromatic carbocycles. The molecule has 3 heterocycles. The number of benzene rings is 2. The lowest BCUT2D eigenvalue weighted by Crippen LogP contribution is -2.71. The van der Waals surface area contributed by atoms with E-state index in [-0.39, 0.29) is 23.6 Å². The molecule has 1 saturated heterocycles. The molecule has 41 heavy (non-hydrogen) atoms. The molecule has 3 atom stereocenters. The number of nitrogens with zero attached hydrogens (tertiary/aromatic N) is 5. The van der Waals surface area contributed by atoms with E-state index >= 15 is 0 Å². The molecule has 2 aliphatic heterocycles. The fraction of sp³-hybridized carbons (Fsp3) is 0.296. The Bertz CT molecular complexity index is 1410. The third-order valence-corrected chi connectivity index (χ3v) is 7.71. The van der Waals surface area contributed by atoms with Gasteiger partial charge in [-0.1, -0.05) is 60.7 Å². The highest BCUT2D eigenvalue weighted by atomic mass is 32.2. The molecule has 0 spiro atoms. The summed E-state index contributed by atoms with van der Waals surface area (Å²) in [6, 6.07) is 17.5. The first kappa shape index (κ1) is 28.0. The molecule has 2 amide bonds. The quantitative estimate of drug-likeness (QED) is 0.210. The minimum absolute atomic E-state index is 0.0883. The van der Waals surface area contributed by atoms with Crippen LogP contribution in [-0.2, 0) is 39.9 Å². The molecular formula is C27H26N6O7S. The number of carbonyl (C=O) groups excluding carboxylic acids is 4. The van der Waals surface area contributed by atoms with Crippen LogP contribution in [0.3, 0.4) is 0 Å². The highest BCUT2D eigenvalue weighted by Gasteiger charge is 2.55. The van der Waals surface area contributed by atoms with Crippen LogP contribution in [0.25, 0.3) is 0 Å². The number of fused-ring (bicyclic) bond motifs is 1. The van der Waals surface area contributed by atoms with Crippen molar-refractivity contribution in [2.45, 2.75) is 37.3 Å². The number of hydrogen-bond donors (Lipinski definition) is 1. The number of amides is 2. The van der Waals surface area contributed by atoms with Gasteiger partial charge in [0.2, 0.25) is 12.2 Å². The summed E-state index contributed by atoms with van der Waals surface area (Å²) >= 11 is 1.29. The Morgan fingerprint density at radius 2 is 1.71 bits per heavy atom. The Kier molecular flexibility index (Phi) is 8.40. The van der Waals surface area contributed by atoms with Crippen molar-refractivity contribution in [3.63, 3.8) is 0 Å². The van der Waals surface area contributed by atoms with Gasteiger partial charge in [0.05, 0.1) is 0 Å². The van der Waals surface area contributed by atoms with Gasteiger partial charge in [-0.25, -0.2) is 9.48 Å². The molecule has 0 aliphatic carbocycles. The molecule has 5 rings (SSSR count). The van der Waals surface area contributed by atoms with Gasteiger partial charge in [-0.3, -0.25) is 19.3 Å². The normalized spacial score (nSPS) is 18.8. The third kappa shape index (κ3) is 5.98. The number of rotatable bonds is 10. The molecule has 212 valence electrons. The number of hydrogen-bond acceptors (Lipinski definition) is 11. The van der Waals surface area contributed by atoms with Gasteiger partial charge in [-0.05, 0) is 21.6 Å². The van der Waals surface area contributed by atoms with Crippen molar-refractivity contribution < 1.29 is 33.4 Å². The summed E-state index contributed by atoms with van der Waals surface area (Å²) in [5.74, 6) is -2.25. The Morgan fingerprint density at radius 1 is 1.05 bits per heavy atom. The molecule has 3 aromatic rings. The topological polar surface area (TPSA) is 155 Å². The Morgan fingerprint density at radius 3 is 2.27 bits per heavy atom. The van der Waals surface area contributed by atoms with Gasteiger partial charge in [-0.15, -0.1) is 16.9 Å². The molecule has 0 radical (unpaired) electrons. The number of methoxy groups -OCH3 is 1. The van der Waals surface area contributed by atoms with Crippen molar-refractivity contribution in [3.05, 3.63) is 89.4 Å². The van der Waals surface area contributed by atoms with Gasteiger partial charge in [0.15, 0.2) is 6.10 Å². The van der Waals surface area contributed by atoms with E-state index in [1.807, 2.05) is 60.7 Å². The summed E-state index contributed by atoms with van der Waals surface area (Å²) in [5.41, 5.74) is 1.62. The lowest BCUT2D eigenvalue weighted by atomic mass is 10.0. The van der Waals surface area contributed by atoms with Crippen LogP contribution in [0.4, 0.5) is 0 Å². The number of nitrogens with one attached hydrogen (secondary N) is 1. The van der Waals surface area contributed by atoms with E-state index in [0.29, 0.717) is 0 Å². The van der Waals surface area contributed by atoms with Crippen LogP contribution < -0.4 is 5.32 Å². The second kappa shape index (κ2) is 12.3. The van der Waals surface area contributed by atoms with Gasteiger partial charge >= 0.3 is 11.9 Å². The molecule has 2 aliphatic rings. The van der Waals surface area contributed by atoms with Crippen LogP contribution in [0.1, 0.15) is 24.2 Å². The van der Waals surface area contributed by atoms with Crippen LogP contribution >= 0.6 is 11.8 Å². The number of β-lactam (4-membered cyclic amide) rings is 1. The van der Waals surface area contributed by atoms with E-state index in [1.165, 1.54) is 41.7 Å². The maximum absolute atomic E-state index is 14.0. The fourth-order valence-corrected chi connectivity index (χ4v) is 5.95. The van der Waals surface area contributed by atoms with Crippen molar-refractivity contribution in [1.29, 1.82) is 0 Å². The van der Waals surface area contributed by atoms with Crippen LogP contribution in [0.5, 0.6) is 0 Å². The number of ether oxygens (including phenoxy) is 3. The first-order valence-electron chi connectivity index (χ1n) is 12.6. The smallest absolute Gasteiger partial charge is 0.356 e. The predicted molar refractivity (Wildman–Crippen MR) is 143 cm³/mol.